The van der Waals surface area contributed by atoms with E-state index in [-0.39, 0.29) is 18.5 Å². The van der Waals surface area contributed by atoms with Gasteiger partial charge in [0.05, 0.1) is 4.75 Å². The summed E-state index contributed by atoms with van der Waals surface area (Å²) in [5.74, 6) is -0.0823. The first-order valence-corrected chi connectivity index (χ1v) is 7.81. The molecule has 0 aromatic carbocycles. The van der Waals surface area contributed by atoms with Crippen LogP contribution in [0, 0.1) is 0 Å². The fourth-order valence-corrected chi connectivity index (χ4v) is 2.00. The zero-order valence-electron chi connectivity index (χ0n) is 10.7. The van der Waals surface area contributed by atoms with Crippen molar-refractivity contribution in [1.29, 1.82) is 0 Å². The molecule has 0 aromatic heterocycles. The number of hydrogen-bond acceptors (Lipinski definition) is 4. The summed E-state index contributed by atoms with van der Waals surface area (Å²) >= 11 is 0. The normalized spacial score (nSPS) is 21.5. The van der Waals surface area contributed by atoms with Gasteiger partial charge in [-0.15, -0.1) is 0 Å². The average molecular weight is 262 g/mol. The van der Waals surface area contributed by atoms with Crippen molar-refractivity contribution in [2.75, 3.05) is 19.3 Å². The van der Waals surface area contributed by atoms with Gasteiger partial charge in [0.1, 0.15) is 0 Å². The second-order valence-electron chi connectivity index (χ2n) is 5.31. The van der Waals surface area contributed by atoms with E-state index in [1.807, 2.05) is 0 Å². The molecule has 0 radical (unpaired) electrons. The maximum Gasteiger partial charge on any atom is 0.221 e. The van der Waals surface area contributed by atoms with Gasteiger partial charge in [-0.3, -0.25) is 4.79 Å². The average Bonchev–Trinajstić information content (AvgIpc) is 2.66. The summed E-state index contributed by atoms with van der Waals surface area (Å²) in [5.41, 5.74) is 0. The highest BCUT2D eigenvalue weighted by Gasteiger charge is 2.30. The SMILES string of the molecule is CC(C)(CNC(=O)CC1CCCN1)S(C)(=O)=O. The van der Waals surface area contributed by atoms with Gasteiger partial charge in [-0.1, -0.05) is 0 Å². The van der Waals surface area contributed by atoms with Gasteiger partial charge in [0.25, 0.3) is 0 Å². The lowest BCUT2D eigenvalue weighted by atomic mass is 10.1. The first-order valence-electron chi connectivity index (χ1n) is 5.92. The quantitative estimate of drug-likeness (QED) is 0.735. The van der Waals surface area contributed by atoms with Gasteiger partial charge in [0, 0.05) is 25.3 Å². The molecule has 0 bridgehead atoms. The van der Waals surface area contributed by atoms with E-state index in [9.17, 15) is 13.2 Å². The predicted octanol–water partition coefficient (Wildman–Crippen LogP) is 0.0679. The molecule has 0 aromatic rings. The van der Waals surface area contributed by atoms with Crippen LogP contribution in [0.1, 0.15) is 33.1 Å². The first-order chi connectivity index (χ1) is 7.72. The second-order valence-corrected chi connectivity index (χ2v) is 7.96. The number of amides is 1. The fraction of sp³-hybridized carbons (Fsp3) is 0.909. The Morgan fingerprint density at radius 3 is 2.59 bits per heavy atom. The molecule has 6 heteroatoms. The minimum atomic E-state index is -3.16. The molecule has 0 aliphatic carbocycles. The van der Waals surface area contributed by atoms with E-state index in [0.29, 0.717) is 6.42 Å². The van der Waals surface area contributed by atoms with Gasteiger partial charge >= 0.3 is 0 Å². The lowest BCUT2D eigenvalue weighted by molar-refractivity contribution is -0.121. The van der Waals surface area contributed by atoms with Crippen LogP contribution in [-0.4, -0.2) is 44.5 Å². The second kappa shape index (κ2) is 5.35. The number of rotatable bonds is 5. The van der Waals surface area contributed by atoms with Gasteiger partial charge in [-0.2, -0.15) is 0 Å². The van der Waals surface area contributed by atoms with Crippen LogP contribution in [0.2, 0.25) is 0 Å². The van der Waals surface area contributed by atoms with Crippen LogP contribution in [-0.2, 0) is 14.6 Å². The van der Waals surface area contributed by atoms with Gasteiger partial charge in [-0.05, 0) is 33.2 Å². The Kier molecular flexibility index (Phi) is 4.55. The number of sulfone groups is 1. The largest absolute Gasteiger partial charge is 0.354 e. The Hall–Kier alpha value is -0.620. The highest BCUT2D eigenvalue weighted by molar-refractivity contribution is 7.92. The monoisotopic (exact) mass is 262 g/mol. The molecule has 1 rings (SSSR count). The Balaban J connectivity index is 2.37. The van der Waals surface area contributed by atoms with E-state index in [0.717, 1.165) is 19.4 Å². The molecule has 1 fully saturated rings. The van der Waals surface area contributed by atoms with Crippen LogP contribution < -0.4 is 10.6 Å². The standard InChI is InChI=1S/C11H22N2O3S/c1-11(2,17(3,15)16)8-13-10(14)7-9-5-4-6-12-9/h9,12H,4-8H2,1-3H3,(H,13,14). The molecule has 0 spiro atoms. The highest BCUT2D eigenvalue weighted by Crippen LogP contribution is 2.14. The summed E-state index contributed by atoms with van der Waals surface area (Å²) in [6, 6.07) is 0.247. The van der Waals surface area contributed by atoms with Gasteiger partial charge < -0.3 is 10.6 Å². The summed E-state index contributed by atoms with van der Waals surface area (Å²) in [5, 5.41) is 5.93. The van der Waals surface area contributed by atoms with E-state index in [2.05, 4.69) is 10.6 Å². The molecule has 1 aliphatic heterocycles. The molecule has 1 saturated heterocycles. The Morgan fingerprint density at radius 1 is 1.47 bits per heavy atom. The fourth-order valence-electron chi connectivity index (χ4n) is 1.67. The minimum Gasteiger partial charge on any atom is -0.354 e. The van der Waals surface area contributed by atoms with Crippen LogP contribution in [0.3, 0.4) is 0 Å². The zero-order valence-corrected chi connectivity index (χ0v) is 11.6. The van der Waals surface area contributed by atoms with E-state index >= 15 is 0 Å². The van der Waals surface area contributed by atoms with E-state index in [1.165, 1.54) is 6.26 Å². The van der Waals surface area contributed by atoms with Crippen molar-refractivity contribution in [3.63, 3.8) is 0 Å². The third kappa shape index (κ3) is 4.27. The first kappa shape index (κ1) is 14.4. The minimum absolute atomic E-state index is 0.0823. The summed E-state index contributed by atoms with van der Waals surface area (Å²) in [7, 11) is -3.16. The molecule has 100 valence electrons. The summed E-state index contributed by atoms with van der Waals surface area (Å²) in [6.45, 7) is 4.37. The van der Waals surface area contributed by atoms with E-state index in [1.54, 1.807) is 13.8 Å². The van der Waals surface area contributed by atoms with Gasteiger partial charge in [0.2, 0.25) is 5.91 Å². The molecule has 0 saturated carbocycles. The molecular weight excluding hydrogens is 240 g/mol. The lowest BCUT2D eigenvalue weighted by Crippen LogP contribution is -2.44. The Morgan fingerprint density at radius 2 is 2.12 bits per heavy atom. The summed E-state index contributed by atoms with van der Waals surface area (Å²) < 4.78 is 22.0. The van der Waals surface area contributed by atoms with Crippen LogP contribution in [0.4, 0.5) is 0 Å². The molecule has 2 N–H and O–H groups in total. The molecule has 1 aliphatic rings. The van der Waals surface area contributed by atoms with E-state index in [4.69, 9.17) is 0 Å². The molecule has 1 unspecified atom stereocenters. The molecule has 5 nitrogen and oxygen atoms in total. The molecule has 1 heterocycles. The van der Waals surface area contributed by atoms with Crippen molar-refractivity contribution in [2.45, 2.75) is 43.9 Å². The van der Waals surface area contributed by atoms with Gasteiger partial charge in [0.15, 0.2) is 9.84 Å². The molecular formula is C11H22N2O3S. The summed E-state index contributed by atoms with van der Waals surface area (Å²) in [4.78, 5) is 11.6. The smallest absolute Gasteiger partial charge is 0.221 e. The van der Waals surface area contributed by atoms with Crippen LogP contribution in [0.15, 0.2) is 0 Å². The van der Waals surface area contributed by atoms with Crippen molar-refractivity contribution >= 4 is 15.7 Å². The van der Waals surface area contributed by atoms with Crippen LogP contribution in [0.5, 0.6) is 0 Å². The maximum absolute atomic E-state index is 11.6. The summed E-state index contributed by atoms with van der Waals surface area (Å²) in [6.07, 6.45) is 3.74. The molecule has 1 amide bonds. The number of nitrogens with one attached hydrogen (secondary N) is 2. The molecule has 1 atom stereocenters. The Bertz CT molecular complexity index is 370. The third-order valence-corrected chi connectivity index (χ3v) is 5.46. The number of carbonyl (C=O) groups is 1. The van der Waals surface area contributed by atoms with Crippen molar-refractivity contribution < 1.29 is 13.2 Å². The maximum atomic E-state index is 11.6. The van der Waals surface area contributed by atoms with Crippen molar-refractivity contribution in [1.82, 2.24) is 10.6 Å². The van der Waals surface area contributed by atoms with Crippen molar-refractivity contribution in [3.8, 4) is 0 Å². The lowest BCUT2D eigenvalue weighted by Gasteiger charge is -2.23. The van der Waals surface area contributed by atoms with Crippen LogP contribution >= 0.6 is 0 Å². The van der Waals surface area contributed by atoms with E-state index < -0.39 is 14.6 Å². The van der Waals surface area contributed by atoms with Gasteiger partial charge in [-0.25, -0.2) is 8.42 Å². The number of hydrogen-bond donors (Lipinski definition) is 2. The zero-order chi connectivity index (χ0) is 13.1. The highest BCUT2D eigenvalue weighted by atomic mass is 32.2. The van der Waals surface area contributed by atoms with Crippen molar-refractivity contribution in [2.24, 2.45) is 0 Å². The van der Waals surface area contributed by atoms with Crippen LogP contribution in [0.25, 0.3) is 0 Å². The third-order valence-electron chi connectivity index (χ3n) is 3.31. The predicted molar refractivity (Wildman–Crippen MR) is 67.6 cm³/mol. The topological polar surface area (TPSA) is 75.3 Å². The Labute approximate surface area is 103 Å². The number of carbonyl (C=O) groups excluding carboxylic acids is 1. The van der Waals surface area contributed by atoms with Crippen molar-refractivity contribution in [3.05, 3.63) is 0 Å². The molecule has 17 heavy (non-hydrogen) atoms.